The zero-order valence-electron chi connectivity index (χ0n) is 7.52. The average Bonchev–Trinajstić information content (AvgIpc) is 2.12. The quantitative estimate of drug-likeness (QED) is 0.600. The van der Waals surface area contributed by atoms with Crippen molar-refractivity contribution in [3.8, 4) is 5.75 Å². The zero-order valence-corrected chi connectivity index (χ0v) is 10.4. The van der Waals surface area contributed by atoms with E-state index >= 15 is 0 Å². The Labute approximate surface area is 97.6 Å². The van der Waals surface area contributed by atoms with E-state index in [4.69, 9.17) is 16.3 Å². The van der Waals surface area contributed by atoms with E-state index in [2.05, 4.69) is 29.5 Å². The number of halogens is 2. The van der Waals surface area contributed by atoms with Crippen LogP contribution in [0.2, 0.25) is 5.02 Å². The second kappa shape index (κ2) is 5.70. The van der Waals surface area contributed by atoms with Gasteiger partial charge in [0.25, 0.3) is 0 Å². The molecule has 0 aliphatic rings. The summed E-state index contributed by atoms with van der Waals surface area (Å²) in [5.41, 5.74) is 0. The fraction of sp³-hybridized carbons (Fsp3) is 0.400. The van der Waals surface area contributed by atoms with Crippen molar-refractivity contribution in [3.05, 3.63) is 26.8 Å². The molecule has 0 fully saturated rings. The van der Waals surface area contributed by atoms with E-state index in [0.717, 1.165) is 33.8 Å². The van der Waals surface area contributed by atoms with Crippen LogP contribution in [0.5, 0.6) is 5.75 Å². The fourth-order valence-corrected chi connectivity index (χ4v) is 1.41. The van der Waals surface area contributed by atoms with Crippen molar-refractivity contribution in [2.24, 2.45) is 0 Å². The Balaban J connectivity index is 2.53. The van der Waals surface area contributed by atoms with Gasteiger partial charge in [-0.15, -0.1) is 0 Å². The first-order valence-electron chi connectivity index (χ1n) is 4.32. The zero-order chi connectivity index (χ0) is 9.68. The summed E-state index contributed by atoms with van der Waals surface area (Å²) in [7, 11) is 0. The fourth-order valence-electron chi connectivity index (χ4n) is 0.901. The maximum Gasteiger partial charge on any atom is 0.120 e. The molecule has 0 amide bonds. The molecule has 0 radical (unpaired) electrons. The van der Waals surface area contributed by atoms with E-state index in [1.807, 2.05) is 18.2 Å². The molecule has 0 bridgehead atoms. The first-order chi connectivity index (χ1) is 6.24. The lowest BCUT2D eigenvalue weighted by atomic mass is 10.3. The molecule has 1 rings (SSSR count). The lowest BCUT2D eigenvalue weighted by Crippen LogP contribution is -1.96. The molecule has 1 aromatic carbocycles. The maximum atomic E-state index is 5.94. The number of hydrogen-bond donors (Lipinski definition) is 0. The van der Waals surface area contributed by atoms with Crippen LogP contribution in [0.25, 0.3) is 0 Å². The number of benzene rings is 1. The minimum Gasteiger partial charge on any atom is -0.494 e. The molecule has 0 spiro atoms. The van der Waals surface area contributed by atoms with Gasteiger partial charge in [0.05, 0.1) is 11.6 Å². The average molecular weight is 311 g/mol. The highest BCUT2D eigenvalue weighted by atomic mass is 127. The van der Waals surface area contributed by atoms with Crippen molar-refractivity contribution in [2.75, 3.05) is 6.61 Å². The third-order valence-electron chi connectivity index (χ3n) is 1.66. The summed E-state index contributed by atoms with van der Waals surface area (Å²) in [5.74, 6) is 0.860. The molecule has 0 saturated carbocycles. The monoisotopic (exact) mass is 310 g/mol. The Morgan fingerprint density at radius 1 is 1.46 bits per heavy atom. The van der Waals surface area contributed by atoms with Gasteiger partial charge in [0, 0.05) is 3.57 Å². The summed E-state index contributed by atoms with van der Waals surface area (Å²) in [6.45, 7) is 2.91. The standard InChI is InChI=1S/C10H12ClIO/c1-2-3-6-13-8-4-5-10(12)9(11)7-8/h4-5,7H,2-3,6H2,1H3. The van der Waals surface area contributed by atoms with E-state index < -0.39 is 0 Å². The summed E-state index contributed by atoms with van der Waals surface area (Å²) >= 11 is 8.14. The SMILES string of the molecule is CCCCOc1ccc(I)c(Cl)c1. The summed E-state index contributed by atoms with van der Waals surface area (Å²) in [6.07, 6.45) is 2.24. The van der Waals surface area contributed by atoms with E-state index in [-0.39, 0.29) is 0 Å². The van der Waals surface area contributed by atoms with Crippen LogP contribution in [0.1, 0.15) is 19.8 Å². The molecule has 0 saturated heterocycles. The lowest BCUT2D eigenvalue weighted by Gasteiger charge is -2.05. The topological polar surface area (TPSA) is 9.23 Å². The van der Waals surface area contributed by atoms with Crippen LogP contribution in [0.4, 0.5) is 0 Å². The maximum absolute atomic E-state index is 5.94. The largest absolute Gasteiger partial charge is 0.494 e. The van der Waals surface area contributed by atoms with Crippen LogP contribution in [0.15, 0.2) is 18.2 Å². The van der Waals surface area contributed by atoms with Crippen molar-refractivity contribution in [1.29, 1.82) is 0 Å². The molecular weight excluding hydrogens is 298 g/mol. The molecule has 13 heavy (non-hydrogen) atoms. The van der Waals surface area contributed by atoms with Gasteiger partial charge in [0.15, 0.2) is 0 Å². The van der Waals surface area contributed by atoms with Gasteiger partial charge in [0.1, 0.15) is 5.75 Å². The smallest absolute Gasteiger partial charge is 0.120 e. The van der Waals surface area contributed by atoms with E-state index in [0.29, 0.717) is 0 Å². The molecule has 72 valence electrons. The summed E-state index contributed by atoms with van der Waals surface area (Å²) in [4.78, 5) is 0. The Kier molecular flexibility index (Phi) is 4.88. The molecule has 1 aromatic rings. The Morgan fingerprint density at radius 3 is 2.85 bits per heavy atom. The van der Waals surface area contributed by atoms with Crippen LogP contribution in [0.3, 0.4) is 0 Å². The molecule has 0 unspecified atom stereocenters. The van der Waals surface area contributed by atoms with E-state index in [9.17, 15) is 0 Å². The van der Waals surface area contributed by atoms with Crippen LogP contribution in [-0.4, -0.2) is 6.61 Å². The third-order valence-corrected chi connectivity index (χ3v) is 3.23. The minimum atomic E-state index is 0.759. The highest BCUT2D eigenvalue weighted by Crippen LogP contribution is 2.23. The van der Waals surface area contributed by atoms with Crippen LogP contribution in [-0.2, 0) is 0 Å². The highest BCUT2D eigenvalue weighted by molar-refractivity contribution is 14.1. The summed E-state index contributed by atoms with van der Waals surface area (Å²) in [6, 6.07) is 5.77. The lowest BCUT2D eigenvalue weighted by molar-refractivity contribution is 0.309. The van der Waals surface area contributed by atoms with Gasteiger partial charge in [-0.25, -0.2) is 0 Å². The molecule has 3 heteroatoms. The van der Waals surface area contributed by atoms with Gasteiger partial charge in [0.2, 0.25) is 0 Å². The van der Waals surface area contributed by atoms with Gasteiger partial charge >= 0.3 is 0 Å². The van der Waals surface area contributed by atoms with Gasteiger partial charge in [-0.3, -0.25) is 0 Å². The van der Waals surface area contributed by atoms with Gasteiger partial charge < -0.3 is 4.74 Å². The first kappa shape index (κ1) is 11.1. The van der Waals surface area contributed by atoms with Crippen molar-refractivity contribution >= 4 is 34.2 Å². The van der Waals surface area contributed by atoms with Gasteiger partial charge in [-0.1, -0.05) is 24.9 Å². The number of ether oxygens (including phenoxy) is 1. The van der Waals surface area contributed by atoms with Gasteiger partial charge in [-0.05, 0) is 47.2 Å². The Morgan fingerprint density at radius 2 is 2.23 bits per heavy atom. The Bertz CT molecular complexity index is 276. The third kappa shape index (κ3) is 3.73. The normalized spacial score (nSPS) is 10.1. The predicted molar refractivity (Wildman–Crippen MR) is 64.6 cm³/mol. The van der Waals surface area contributed by atoms with E-state index in [1.54, 1.807) is 0 Å². The molecule has 0 heterocycles. The van der Waals surface area contributed by atoms with Crippen LogP contribution >= 0.6 is 34.2 Å². The van der Waals surface area contributed by atoms with E-state index in [1.165, 1.54) is 0 Å². The number of hydrogen-bond acceptors (Lipinski definition) is 1. The van der Waals surface area contributed by atoms with Crippen molar-refractivity contribution in [3.63, 3.8) is 0 Å². The highest BCUT2D eigenvalue weighted by Gasteiger charge is 1.98. The molecule has 0 aromatic heterocycles. The van der Waals surface area contributed by atoms with Crippen LogP contribution in [0, 0.1) is 3.57 Å². The minimum absolute atomic E-state index is 0.759. The first-order valence-corrected chi connectivity index (χ1v) is 5.77. The molecule has 0 N–H and O–H groups in total. The summed E-state index contributed by atoms with van der Waals surface area (Å²) < 4.78 is 6.55. The van der Waals surface area contributed by atoms with Crippen molar-refractivity contribution in [1.82, 2.24) is 0 Å². The number of unbranched alkanes of at least 4 members (excludes halogenated alkanes) is 1. The molecule has 0 aliphatic heterocycles. The second-order valence-corrected chi connectivity index (χ2v) is 4.35. The second-order valence-electron chi connectivity index (χ2n) is 2.78. The summed E-state index contributed by atoms with van der Waals surface area (Å²) in [5, 5.41) is 0.759. The van der Waals surface area contributed by atoms with Gasteiger partial charge in [-0.2, -0.15) is 0 Å². The van der Waals surface area contributed by atoms with Crippen LogP contribution < -0.4 is 4.74 Å². The molecular formula is C10H12ClIO. The Hall–Kier alpha value is 0.0400. The molecule has 1 nitrogen and oxygen atoms in total. The van der Waals surface area contributed by atoms with Crippen molar-refractivity contribution in [2.45, 2.75) is 19.8 Å². The molecule has 0 aliphatic carbocycles. The number of rotatable bonds is 4. The van der Waals surface area contributed by atoms with Crippen molar-refractivity contribution < 1.29 is 4.74 Å². The predicted octanol–water partition coefficient (Wildman–Crippen LogP) is 4.12. The molecule has 0 atom stereocenters.